The largest absolute Gasteiger partial charge is 0.478 e. The maximum Gasteiger partial charge on any atom is 0.340 e. The molecule has 0 aromatic carbocycles. The van der Waals surface area contributed by atoms with Crippen LogP contribution >= 0.6 is 11.5 Å². The van der Waals surface area contributed by atoms with E-state index in [-0.39, 0.29) is 5.54 Å². The van der Waals surface area contributed by atoms with E-state index >= 15 is 0 Å². The van der Waals surface area contributed by atoms with E-state index in [4.69, 9.17) is 5.11 Å². The van der Waals surface area contributed by atoms with Crippen LogP contribution in [0.5, 0.6) is 0 Å². The van der Waals surface area contributed by atoms with Crippen LogP contribution in [-0.4, -0.2) is 21.0 Å². The summed E-state index contributed by atoms with van der Waals surface area (Å²) in [5.74, 6) is -0.897. The Balaban J connectivity index is 2.24. The van der Waals surface area contributed by atoms with Crippen molar-refractivity contribution in [2.45, 2.75) is 38.6 Å². The Kier molecular flexibility index (Phi) is 2.42. The normalized spacial score (nSPS) is 18.3. The average Bonchev–Trinajstić information content (AvgIpc) is 2.44. The molecule has 0 saturated heterocycles. The number of carboxylic acid groups (broad SMARTS) is 1. The lowest BCUT2D eigenvalue weighted by molar-refractivity contribution is 0.0697. The van der Waals surface area contributed by atoms with Gasteiger partial charge in [0, 0.05) is 5.54 Å². The molecule has 2 N–H and O–H groups in total. The highest BCUT2D eigenvalue weighted by atomic mass is 32.1. The molecule has 0 bridgehead atoms. The summed E-state index contributed by atoms with van der Waals surface area (Å²) in [7, 11) is 0. The van der Waals surface area contributed by atoms with Gasteiger partial charge in [-0.1, -0.05) is 0 Å². The molecule has 1 heterocycles. The van der Waals surface area contributed by atoms with Crippen molar-refractivity contribution in [2.75, 3.05) is 5.32 Å². The van der Waals surface area contributed by atoms with Gasteiger partial charge in [-0.15, -0.1) is 0 Å². The minimum atomic E-state index is -0.897. The van der Waals surface area contributed by atoms with Crippen LogP contribution in [0, 0.1) is 6.92 Å². The van der Waals surface area contributed by atoms with Crippen molar-refractivity contribution in [2.24, 2.45) is 0 Å². The fourth-order valence-corrected chi connectivity index (χ4v) is 2.75. The number of aryl methyl sites for hydroxylation is 1. The SMILES string of the molecule is Cc1nsc(NC2(C)CCC2)c1C(=O)O. The van der Waals surface area contributed by atoms with Crippen LogP contribution in [0.4, 0.5) is 5.00 Å². The van der Waals surface area contributed by atoms with E-state index in [9.17, 15) is 4.79 Å². The molecule has 1 aliphatic carbocycles. The van der Waals surface area contributed by atoms with Crippen LogP contribution < -0.4 is 5.32 Å². The Morgan fingerprint density at radius 2 is 2.27 bits per heavy atom. The highest BCUT2D eigenvalue weighted by Crippen LogP contribution is 2.37. The predicted octanol–water partition coefficient (Wildman–Crippen LogP) is 2.50. The van der Waals surface area contributed by atoms with Crippen molar-refractivity contribution in [3.63, 3.8) is 0 Å². The number of hydrogen-bond donors (Lipinski definition) is 2. The molecule has 1 fully saturated rings. The Labute approximate surface area is 92.5 Å². The molecule has 1 aliphatic rings. The molecule has 0 unspecified atom stereocenters. The van der Waals surface area contributed by atoms with E-state index in [1.807, 2.05) is 0 Å². The molecule has 0 atom stereocenters. The molecule has 0 aliphatic heterocycles. The molecule has 0 spiro atoms. The summed E-state index contributed by atoms with van der Waals surface area (Å²) in [4.78, 5) is 11.0. The standard InChI is InChI=1S/C10H14N2O2S/c1-6-7(9(13)14)8(15-12-6)11-10(2)4-3-5-10/h11H,3-5H2,1-2H3,(H,13,14). The second-order valence-electron chi connectivity index (χ2n) is 4.32. The third kappa shape index (κ3) is 1.84. The monoisotopic (exact) mass is 226 g/mol. The van der Waals surface area contributed by atoms with E-state index in [0.29, 0.717) is 16.3 Å². The summed E-state index contributed by atoms with van der Waals surface area (Å²) in [5, 5.41) is 13.0. The summed E-state index contributed by atoms with van der Waals surface area (Å²) >= 11 is 1.24. The molecular weight excluding hydrogens is 212 g/mol. The Morgan fingerprint density at radius 1 is 1.60 bits per heavy atom. The van der Waals surface area contributed by atoms with Gasteiger partial charge >= 0.3 is 5.97 Å². The second kappa shape index (κ2) is 3.48. The number of anilines is 1. The van der Waals surface area contributed by atoms with Crippen molar-refractivity contribution in [1.29, 1.82) is 0 Å². The van der Waals surface area contributed by atoms with Gasteiger partial charge in [0.15, 0.2) is 0 Å². The van der Waals surface area contributed by atoms with Gasteiger partial charge in [-0.3, -0.25) is 0 Å². The zero-order valence-corrected chi connectivity index (χ0v) is 9.65. The average molecular weight is 226 g/mol. The van der Waals surface area contributed by atoms with Gasteiger partial charge in [-0.25, -0.2) is 4.79 Å². The van der Waals surface area contributed by atoms with E-state index < -0.39 is 5.97 Å². The highest BCUT2D eigenvalue weighted by molar-refractivity contribution is 7.10. The van der Waals surface area contributed by atoms with E-state index in [1.54, 1.807) is 6.92 Å². The number of aromatic nitrogens is 1. The van der Waals surface area contributed by atoms with Gasteiger partial charge in [0.25, 0.3) is 0 Å². The molecule has 4 nitrogen and oxygen atoms in total. The minimum Gasteiger partial charge on any atom is -0.478 e. The summed E-state index contributed by atoms with van der Waals surface area (Å²) in [5.41, 5.74) is 0.995. The number of hydrogen-bond acceptors (Lipinski definition) is 4. The number of nitrogens with one attached hydrogen (secondary N) is 1. The fraction of sp³-hybridized carbons (Fsp3) is 0.600. The fourth-order valence-electron chi connectivity index (χ4n) is 1.81. The molecular formula is C10H14N2O2S. The molecule has 15 heavy (non-hydrogen) atoms. The lowest BCUT2D eigenvalue weighted by Crippen LogP contribution is -2.41. The summed E-state index contributed by atoms with van der Waals surface area (Å²) < 4.78 is 4.08. The van der Waals surface area contributed by atoms with Crippen LogP contribution in [0.3, 0.4) is 0 Å². The predicted molar refractivity (Wildman–Crippen MR) is 59.7 cm³/mol. The smallest absolute Gasteiger partial charge is 0.340 e. The first-order valence-electron chi connectivity index (χ1n) is 5.00. The Hall–Kier alpha value is -1.10. The lowest BCUT2D eigenvalue weighted by atomic mass is 9.78. The number of rotatable bonds is 3. The molecule has 5 heteroatoms. The zero-order chi connectivity index (χ0) is 11.1. The minimum absolute atomic E-state index is 0.0726. The summed E-state index contributed by atoms with van der Waals surface area (Å²) in [6, 6.07) is 0. The molecule has 2 rings (SSSR count). The van der Waals surface area contributed by atoms with Gasteiger partial charge < -0.3 is 10.4 Å². The van der Waals surface area contributed by atoms with Gasteiger partial charge in [0.05, 0.1) is 5.69 Å². The van der Waals surface area contributed by atoms with Crippen molar-refractivity contribution in [3.05, 3.63) is 11.3 Å². The number of nitrogens with zero attached hydrogens (tertiary/aromatic N) is 1. The van der Waals surface area contributed by atoms with Crippen LogP contribution in [0.15, 0.2) is 0 Å². The van der Waals surface area contributed by atoms with E-state index in [1.165, 1.54) is 18.0 Å². The number of carboxylic acids is 1. The molecule has 1 aromatic rings. The van der Waals surface area contributed by atoms with Gasteiger partial charge in [-0.2, -0.15) is 4.37 Å². The first kappa shape index (κ1) is 10.4. The number of carbonyl (C=O) groups is 1. The maximum absolute atomic E-state index is 11.0. The third-order valence-corrected chi connectivity index (χ3v) is 3.80. The summed E-state index contributed by atoms with van der Waals surface area (Å²) in [6.07, 6.45) is 3.41. The molecule has 0 radical (unpaired) electrons. The van der Waals surface area contributed by atoms with E-state index in [0.717, 1.165) is 12.8 Å². The molecule has 0 amide bonds. The molecule has 1 saturated carbocycles. The quantitative estimate of drug-likeness (QED) is 0.831. The van der Waals surface area contributed by atoms with Crippen molar-refractivity contribution in [3.8, 4) is 0 Å². The molecule has 1 aromatic heterocycles. The Morgan fingerprint density at radius 3 is 2.73 bits per heavy atom. The Bertz CT molecular complexity index is 396. The van der Waals surface area contributed by atoms with Crippen LogP contribution in [0.2, 0.25) is 0 Å². The van der Waals surface area contributed by atoms with Gasteiger partial charge in [0.2, 0.25) is 0 Å². The van der Waals surface area contributed by atoms with E-state index in [2.05, 4.69) is 16.6 Å². The van der Waals surface area contributed by atoms with Crippen LogP contribution in [0.25, 0.3) is 0 Å². The summed E-state index contributed by atoms with van der Waals surface area (Å²) in [6.45, 7) is 3.85. The lowest BCUT2D eigenvalue weighted by Gasteiger charge is -2.39. The second-order valence-corrected chi connectivity index (χ2v) is 5.09. The van der Waals surface area contributed by atoms with Crippen LogP contribution in [-0.2, 0) is 0 Å². The first-order valence-corrected chi connectivity index (χ1v) is 5.77. The molecule has 82 valence electrons. The zero-order valence-electron chi connectivity index (χ0n) is 8.83. The number of aromatic carboxylic acids is 1. The van der Waals surface area contributed by atoms with Gasteiger partial charge in [0.1, 0.15) is 10.6 Å². The topological polar surface area (TPSA) is 62.2 Å². The van der Waals surface area contributed by atoms with Gasteiger partial charge in [-0.05, 0) is 44.6 Å². The third-order valence-electron chi connectivity index (χ3n) is 2.95. The highest BCUT2D eigenvalue weighted by Gasteiger charge is 2.33. The maximum atomic E-state index is 11.0. The van der Waals surface area contributed by atoms with Crippen molar-refractivity contribution < 1.29 is 9.90 Å². The van der Waals surface area contributed by atoms with Crippen molar-refractivity contribution >= 4 is 22.5 Å². The van der Waals surface area contributed by atoms with Crippen LogP contribution in [0.1, 0.15) is 42.2 Å². The van der Waals surface area contributed by atoms with Crippen molar-refractivity contribution in [1.82, 2.24) is 4.37 Å². The first-order chi connectivity index (χ1) is 7.02.